The quantitative estimate of drug-likeness (QED) is 0.615. The van der Waals surface area contributed by atoms with Crippen molar-refractivity contribution >= 4 is 22.8 Å². The number of hydrogen-bond acceptors (Lipinski definition) is 6. The van der Waals surface area contributed by atoms with Crippen LogP contribution in [0.25, 0.3) is 11.1 Å². The fourth-order valence-corrected chi connectivity index (χ4v) is 2.59. The Balaban J connectivity index is 1.49. The molecule has 0 saturated heterocycles. The molecule has 0 saturated carbocycles. The van der Waals surface area contributed by atoms with Crippen LogP contribution in [0, 0.1) is 13.8 Å². The number of benzene rings is 1. The van der Waals surface area contributed by atoms with E-state index in [1.165, 1.54) is 6.39 Å². The van der Waals surface area contributed by atoms with Crippen LogP contribution in [0.1, 0.15) is 27.4 Å². The third-order valence-corrected chi connectivity index (χ3v) is 3.98. The van der Waals surface area contributed by atoms with Gasteiger partial charge in [0.15, 0.2) is 17.8 Å². The Morgan fingerprint density at radius 2 is 2.16 bits per heavy atom. The predicted octanol–water partition coefficient (Wildman–Crippen LogP) is 2.93. The number of carbonyl (C=O) groups excluding carboxylic acids is 1. The summed E-state index contributed by atoms with van der Waals surface area (Å²) >= 11 is 0. The van der Waals surface area contributed by atoms with Crippen molar-refractivity contribution in [2.24, 2.45) is 0 Å². The lowest BCUT2D eigenvalue weighted by molar-refractivity contribution is 0.102. The summed E-state index contributed by atoms with van der Waals surface area (Å²) in [5.41, 5.74) is 3.57. The molecule has 4 aromatic rings. The molecule has 0 spiro atoms. The van der Waals surface area contributed by atoms with Gasteiger partial charge >= 0.3 is 0 Å². The monoisotopic (exact) mass is 337 g/mol. The van der Waals surface area contributed by atoms with E-state index >= 15 is 0 Å². The number of fused-ring (bicyclic) bond motifs is 1. The molecule has 0 atom stereocenters. The van der Waals surface area contributed by atoms with Gasteiger partial charge in [-0.1, -0.05) is 5.16 Å². The first kappa shape index (κ1) is 15.1. The lowest BCUT2D eigenvalue weighted by Crippen LogP contribution is -2.13. The number of carbonyl (C=O) groups is 1. The largest absolute Gasteiger partial charge is 0.443 e. The molecule has 0 radical (unpaired) electrons. The molecule has 8 nitrogen and oxygen atoms in total. The fraction of sp³-hybridized carbons (Fsp3) is 0.176. The van der Waals surface area contributed by atoms with E-state index in [0.717, 1.165) is 17.0 Å². The SMILES string of the molecule is Cc1noc(C)c1Cn1ccc(NC(=O)c2ccc3ncoc3c2)n1. The van der Waals surface area contributed by atoms with E-state index in [-0.39, 0.29) is 5.91 Å². The first-order valence-corrected chi connectivity index (χ1v) is 7.70. The smallest absolute Gasteiger partial charge is 0.257 e. The highest BCUT2D eigenvalue weighted by Gasteiger charge is 2.13. The minimum Gasteiger partial charge on any atom is -0.443 e. The number of aromatic nitrogens is 4. The highest BCUT2D eigenvalue weighted by atomic mass is 16.5. The third kappa shape index (κ3) is 2.89. The van der Waals surface area contributed by atoms with E-state index < -0.39 is 0 Å². The number of aryl methyl sites for hydroxylation is 2. The van der Waals surface area contributed by atoms with Gasteiger partial charge in [-0.05, 0) is 32.0 Å². The number of rotatable bonds is 4. The van der Waals surface area contributed by atoms with Crippen LogP contribution in [-0.4, -0.2) is 25.8 Å². The minimum absolute atomic E-state index is 0.263. The van der Waals surface area contributed by atoms with Crippen LogP contribution in [0.4, 0.5) is 5.82 Å². The Morgan fingerprint density at radius 1 is 1.28 bits per heavy atom. The Morgan fingerprint density at radius 3 is 2.96 bits per heavy atom. The van der Waals surface area contributed by atoms with Gasteiger partial charge in [-0.2, -0.15) is 5.10 Å². The number of nitrogens with zero attached hydrogens (tertiary/aromatic N) is 4. The first-order valence-electron chi connectivity index (χ1n) is 7.70. The molecular formula is C17H15N5O3. The average Bonchev–Trinajstić information content (AvgIpc) is 3.31. The molecule has 3 heterocycles. The van der Waals surface area contributed by atoms with Gasteiger partial charge in [-0.3, -0.25) is 9.48 Å². The van der Waals surface area contributed by atoms with E-state index in [1.54, 1.807) is 35.1 Å². The molecule has 1 aromatic carbocycles. The Bertz CT molecular complexity index is 1040. The van der Waals surface area contributed by atoms with Gasteiger partial charge in [0, 0.05) is 23.4 Å². The Kier molecular flexibility index (Phi) is 3.57. The summed E-state index contributed by atoms with van der Waals surface area (Å²) in [6.07, 6.45) is 3.14. The maximum Gasteiger partial charge on any atom is 0.257 e. The van der Waals surface area contributed by atoms with Gasteiger partial charge in [-0.15, -0.1) is 0 Å². The molecule has 25 heavy (non-hydrogen) atoms. The number of nitrogens with one attached hydrogen (secondary N) is 1. The van der Waals surface area contributed by atoms with Crippen LogP contribution in [0.15, 0.2) is 45.8 Å². The minimum atomic E-state index is -0.263. The highest BCUT2D eigenvalue weighted by molar-refractivity contribution is 6.05. The summed E-state index contributed by atoms with van der Waals surface area (Å²) in [5, 5.41) is 11.1. The average molecular weight is 337 g/mol. The first-order chi connectivity index (χ1) is 12.1. The Hall–Kier alpha value is -3.42. The predicted molar refractivity (Wildman–Crippen MR) is 89.3 cm³/mol. The van der Waals surface area contributed by atoms with E-state index in [9.17, 15) is 4.79 Å². The second-order valence-electron chi connectivity index (χ2n) is 5.69. The molecule has 3 aromatic heterocycles. The standard InChI is InChI=1S/C17H15N5O3/c1-10-13(11(2)25-21-10)8-22-6-5-16(20-22)19-17(23)12-3-4-14-15(7-12)24-9-18-14/h3-7,9H,8H2,1-2H3,(H,19,20,23). The molecule has 0 aliphatic carbocycles. The van der Waals surface area contributed by atoms with Crippen molar-refractivity contribution in [3.63, 3.8) is 0 Å². The van der Waals surface area contributed by atoms with Crippen molar-refractivity contribution in [1.29, 1.82) is 0 Å². The van der Waals surface area contributed by atoms with Gasteiger partial charge in [0.1, 0.15) is 11.3 Å². The van der Waals surface area contributed by atoms with Crippen LogP contribution in [0.5, 0.6) is 0 Å². The van der Waals surface area contributed by atoms with Crippen molar-refractivity contribution in [2.45, 2.75) is 20.4 Å². The zero-order chi connectivity index (χ0) is 17.4. The molecule has 4 rings (SSSR count). The van der Waals surface area contributed by atoms with Crippen molar-refractivity contribution in [3.05, 3.63) is 59.4 Å². The molecule has 0 aliphatic rings. The second kappa shape index (κ2) is 5.90. The van der Waals surface area contributed by atoms with Crippen molar-refractivity contribution in [3.8, 4) is 0 Å². The molecule has 0 unspecified atom stereocenters. The van der Waals surface area contributed by atoms with Crippen molar-refractivity contribution in [1.82, 2.24) is 19.9 Å². The fourth-order valence-electron chi connectivity index (χ4n) is 2.59. The van der Waals surface area contributed by atoms with Crippen LogP contribution < -0.4 is 5.32 Å². The maximum absolute atomic E-state index is 12.4. The van der Waals surface area contributed by atoms with E-state index in [1.807, 2.05) is 13.8 Å². The molecule has 126 valence electrons. The molecule has 8 heteroatoms. The normalized spacial score (nSPS) is 11.1. The van der Waals surface area contributed by atoms with Gasteiger partial charge < -0.3 is 14.3 Å². The summed E-state index contributed by atoms with van der Waals surface area (Å²) in [5.74, 6) is 0.967. The van der Waals surface area contributed by atoms with Crippen molar-refractivity contribution < 1.29 is 13.7 Å². The molecular weight excluding hydrogens is 322 g/mol. The molecule has 0 aliphatic heterocycles. The second-order valence-corrected chi connectivity index (χ2v) is 5.69. The number of oxazole rings is 1. The van der Waals surface area contributed by atoms with Gasteiger partial charge in [0.2, 0.25) is 0 Å². The topological polar surface area (TPSA) is 99.0 Å². The number of hydrogen-bond donors (Lipinski definition) is 1. The van der Waals surface area contributed by atoms with E-state index in [4.69, 9.17) is 8.94 Å². The van der Waals surface area contributed by atoms with Crippen LogP contribution in [-0.2, 0) is 6.54 Å². The van der Waals surface area contributed by atoms with Crippen molar-refractivity contribution in [2.75, 3.05) is 5.32 Å². The van der Waals surface area contributed by atoms with E-state index in [2.05, 4.69) is 20.6 Å². The van der Waals surface area contributed by atoms with Gasteiger partial charge in [-0.25, -0.2) is 4.98 Å². The molecule has 1 amide bonds. The highest BCUT2D eigenvalue weighted by Crippen LogP contribution is 2.17. The summed E-state index contributed by atoms with van der Waals surface area (Å²) in [7, 11) is 0. The third-order valence-electron chi connectivity index (χ3n) is 3.98. The van der Waals surface area contributed by atoms with Gasteiger partial charge in [0.25, 0.3) is 5.91 Å². The molecule has 0 fully saturated rings. The molecule has 0 bridgehead atoms. The summed E-state index contributed by atoms with van der Waals surface area (Å²) in [6, 6.07) is 6.83. The zero-order valence-corrected chi connectivity index (χ0v) is 13.7. The zero-order valence-electron chi connectivity index (χ0n) is 13.7. The van der Waals surface area contributed by atoms with Gasteiger partial charge in [0.05, 0.1) is 12.2 Å². The van der Waals surface area contributed by atoms with Crippen LogP contribution in [0.2, 0.25) is 0 Å². The summed E-state index contributed by atoms with van der Waals surface area (Å²) < 4.78 is 12.1. The molecule has 1 N–H and O–H groups in total. The van der Waals surface area contributed by atoms with Crippen LogP contribution in [0.3, 0.4) is 0 Å². The maximum atomic E-state index is 12.4. The lowest BCUT2D eigenvalue weighted by Gasteiger charge is -2.03. The lowest BCUT2D eigenvalue weighted by atomic mass is 10.2. The summed E-state index contributed by atoms with van der Waals surface area (Å²) in [6.45, 7) is 4.28. The number of anilines is 1. The summed E-state index contributed by atoms with van der Waals surface area (Å²) in [4.78, 5) is 16.4. The van der Waals surface area contributed by atoms with Crippen LogP contribution >= 0.6 is 0 Å². The Labute approximate surface area is 142 Å². The van der Waals surface area contributed by atoms with E-state index in [0.29, 0.717) is 29.0 Å². The number of amides is 1.